The van der Waals surface area contributed by atoms with Gasteiger partial charge in [0.1, 0.15) is 6.10 Å². The molecule has 1 aromatic carbocycles. The minimum absolute atomic E-state index is 0.0730. The van der Waals surface area contributed by atoms with Gasteiger partial charge in [-0.15, -0.1) is 0 Å². The first-order valence-corrected chi connectivity index (χ1v) is 9.71. The van der Waals surface area contributed by atoms with Crippen LogP contribution in [0.3, 0.4) is 0 Å². The minimum atomic E-state index is -3.74. The molecule has 1 rings (SSSR count). The molecule has 7 heteroatoms. The summed E-state index contributed by atoms with van der Waals surface area (Å²) in [6, 6.07) is 5.84. The van der Waals surface area contributed by atoms with Crippen LogP contribution in [0, 0.1) is 12.8 Å². The number of hydrogen-bond donors (Lipinski definition) is 1. The molecule has 0 aromatic heterocycles. The lowest BCUT2D eigenvalue weighted by atomic mass is 10.0. The number of rotatable bonds is 7. The summed E-state index contributed by atoms with van der Waals surface area (Å²) in [6.07, 6.45) is -0.628. The summed E-state index contributed by atoms with van der Waals surface area (Å²) in [4.78, 5) is 11.5. The third-order valence-electron chi connectivity index (χ3n) is 3.24. The fourth-order valence-corrected chi connectivity index (χ4v) is 4.01. The van der Waals surface area contributed by atoms with Gasteiger partial charge in [0.15, 0.2) is 0 Å². The van der Waals surface area contributed by atoms with Gasteiger partial charge < -0.3 is 4.74 Å². The zero-order valence-electron chi connectivity index (χ0n) is 13.7. The molecule has 23 heavy (non-hydrogen) atoms. The van der Waals surface area contributed by atoms with Crippen LogP contribution in [0.15, 0.2) is 39.3 Å². The minimum Gasteiger partial charge on any atom is -0.460 e. The summed E-state index contributed by atoms with van der Waals surface area (Å²) in [6.45, 7) is 10.7. The van der Waals surface area contributed by atoms with Gasteiger partial charge in [-0.3, -0.25) is 4.79 Å². The average molecular weight is 451 g/mol. The first-order chi connectivity index (χ1) is 10.5. The van der Waals surface area contributed by atoms with E-state index in [1.54, 1.807) is 24.3 Å². The van der Waals surface area contributed by atoms with E-state index in [-0.39, 0.29) is 10.8 Å². The summed E-state index contributed by atoms with van der Waals surface area (Å²) in [5, 5.41) is 0. The van der Waals surface area contributed by atoms with Crippen molar-refractivity contribution in [1.29, 1.82) is 0 Å². The average Bonchev–Trinajstić information content (AvgIpc) is 2.42. The molecule has 1 aromatic rings. The number of benzene rings is 1. The number of nitrogens with one attached hydrogen (secondary N) is 1. The van der Waals surface area contributed by atoms with Gasteiger partial charge in [-0.05, 0) is 47.6 Å². The fourth-order valence-electron chi connectivity index (χ4n) is 2.04. The molecule has 0 aliphatic rings. The van der Waals surface area contributed by atoms with Crippen LogP contribution in [0.2, 0.25) is 0 Å². The van der Waals surface area contributed by atoms with E-state index < -0.39 is 28.1 Å². The van der Waals surface area contributed by atoms with Gasteiger partial charge in [-0.2, -0.15) is 4.72 Å². The summed E-state index contributed by atoms with van der Waals surface area (Å²) in [7, 11) is -3.74. The van der Waals surface area contributed by atoms with Gasteiger partial charge in [0, 0.05) is 10.5 Å². The molecule has 0 saturated heterocycles. The lowest BCUT2D eigenvalue weighted by molar-refractivity contribution is -0.149. The lowest BCUT2D eigenvalue weighted by Crippen LogP contribution is -2.47. The van der Waals surface area contributed by atoms with Crippen LogP contribution >= 0.6 is 22.6 Å². The highest BCUT2D eigenvalue weighted by Crippen LogP contribution is 2.23. The third-order valence-corrected chi connectivity index (χ3v) is 5.37. The predicted octanol–water partition coefficient (Wildman–Crippen LogP) is 3.18. The van der Waals surface area contributed by atoms with E-state index >= 15 is 0 Å². The van der Waals surface area contributed by atoms with Crippen molar-refractivity contribution in [2.24, 2.45) is 5.92 Å². The molecular weight excluding hydrogens is 429 g/mol. The van der Waals surface area contributed by atoms with Gasteiger partial charge in [0.2, 0.25) is 10.0 Å². The Morgan fingerprint density at radius 1 is 1.26 bits per heavy atom. The Morgan fingerprint density at radius 3 is 2.17 bits per heavy atom. The Labute approximate surface area is 151 Å². The van der Waals surface area contributed by atoms with Crippen LogP contribution in [-0.4, -0.2) is 26.5 Å². The number of sulfonamides is 1. The molecule has 1 N–H and O–H groups in total. The Bertz CT molecular complexity index is 668. The summed E-state index contributed by atoms with van der Waals surface area (Å²) in [5.74, 6) is -0.531. The Morgan fingerprint density at radius 2 is 1.78 bits per heavy atom. The van der Waals surface area contributed by atoms with Crippen molar-refractivity contribution >= 4 is 38.6 Å². The van der Waals surface area contributed by atoms with E-state index in [0.717, 1.165) is 5.56 Å². The third kappa shape index (κ3) is 5.89. The van der Waals surface area contributed by atoms with Crippen molar-refractivity contribution in [3.8, 4) is 0 Å². The molecule has 0 spiro atoms. The van der Waals surface area contributed by atoms with E-state index in [0.29, 0.717) is 3.58 Å². The van der Waals surface area contributed by atoms with E-state index in [4.69, 9.17) is 4.74 Å². The zero-order valence-corrected chi connectivity index (χ0v) is 16.6. The number of aryl methyl sites for hydroxylation is 1. The maximum atomic E-state index is 12.6. The van der Waals surface area contributed by atoms with Crippen LogP contribution < -0.4 is 4.72 Å². The number of ether oxygens (including phenoxy) is 1. The maximum Gasteiger partial charge on any atom is 0.302 e. The van der Waals surface area contributed by atoms with Gasteiger partial charge in [-0.1, -0.05) is 38.1 Å². The topological polar surface area (TPSA) is 72.5 Å². The van der Waals surface area contributed by atoms with Crippen molar-refractivity contribution in [1.82, 2.24) is 4.72 Å². The summed E-state index contributed by atoms with van der Waals surface area (Å²) < 4.78 is 33.6. The summed E-state index contributed by atoms with van der Waals surface area (Å²) >= 11 is 1.95. The molecule has 0 unspecified atom stereocenters. The smallest absolute Gasteiger partial charge is 0.302 e. The molecule has 5 nitrogen and oxygen atoms in total. The number of carbonyl (C=O) groups is 1. The quantitative estimate of drug-likeness (QED) is 0.511. The number of hydrogen-bond acceptors (Lipinski definition) is 4. The van der Waals surface area contributed by atoms with Crippen molar-refractivity contribution in [2.45, 2.75) is 44.7 Å². The monoisotopic (exact) mass is 451 g/mol. The second kappa shape index (κ2) is 8.25. The molecular formula is C16H22INO4S. The zero-order chi connectivity index (χ0) is 17.8. The van der Waals surface area contributed by atoms with E-state index in [1.165, 1.54) is 6.92 Å². The van der Waals surface area contributed by atoms with Crippen molar-refractivity contribution in [3.63, 3.8) is 0 Å². The van der Waals surface area contributed by atoms with Crippen LogP contribution in [-0.2, 0) is 19.6 Å². The molecule has 0 heterocycles. The number of carbonyl (C=O) groups excluding carboxylic acids is 1. The largest absolute Gasteiger partial charge is 0.460 e. The van der Waals surface area contributed by atoms with Crippen LogP contribution in [0.25, 0.3) is 0 Å². The van der Waals surface area contributed by atoms with Gasteiger partial charge in [-0.25, -0.2) is 8.42 Å². The predicted molar refractivity (Wildman–Crippen MR) is 98.8 cm³/mol. The molecule has 0 aliphatic heterocycles. The van der Waals surface area contributed by atoms with Crippen molar-refractivity contribution in [2.75, 3.05) is 0 Å². The Balaban J connectivity index is 3.13. The molecule has 0 saturated carbocycles. The molecule has 0 aliphatic carbocycles. The van der Waals surface area contributed by atoms with E-state index in [1.807, 2.05) is 43.4 Å². The normalized spacial score (nSPS) is 14.3. The number of esters is 1. The molecule has 2 atom stereocenters. The van der Waals surface area contributed by atoms with E-state index in [9.17, 15) is 13.2 Å². The molecule has 0 radical (unpaired) electrons. The Hall–Kier alpha value is -0.930. The van der Waals surface area contributed by atoms with Gasteiger partial charge in [0.05, 0.1) is 10.9 Å². The van der Waals surface area contributed by atoms with Crippen LogP contribution in [0.1, 0.15) is 26.3 Å². The van der Waals surface area contributed by atoms with Crippen LogP contribution in [0.4, 0.5) is 0 Å². The molecule has 128 valence electrons. The first kappa shape index (κ1) is 20.1. The summed E-state index contributed by atoms with van der Waals surface area (Å²) in [5.41, 5.74) is 0.971. The highest BCUT2D eigenvalue weighted by atomic mass is 127. The van der Waals surface area contributed by atoms with Crippen LogP contribution in [0.5, 0.6) is 0 Å². The standard InChI is InChI=1S/C16H22INO4S/c1-10(2)16(22-13(5)19)15(12(4)17)18-23(20,21)14-8-6-11(3)7-9-14/h6-10,15-16,18H,4H2,1-3,5H3/t15-,16-/m1/s1. The lowest BCUT2D eigenvalue weighted by Gasteiger charge is -2.29. The van der Waals surface area contributed by atoms with Gasteiger partial charge in [0.25, 0.3) is 0 Å². The second-order valence-corrected chi connectivity index (χ2v) is 8.78. The van der Waals surface area contributed by atoms with E-state index in [2.05, 4.69) is 11.3 Å². The first-order valence-electron chi connectivity index (χ1n) is 7.15. The molecule has 0 amide bonds. The van der Waals surface area contributed by atoms with Crippen molar-refractivity contribution < 1.29 is 17.9 Å². The highest BCUT2D eigenvalue weighted by molar-refractivity contribution is 14.1. The number of halogens is 1. The Kier molecular flexibility index (Phi) is 7.22. The maximum absolute atomic E-state index is 12.6. The molecule has 0 bridgehead atoms. The highest BCUT2D eigenvalue weighted by Gasteiger charge is 2.32. The molecule has 0 fully saturated rings. The van der Waals surface area contributed by atoms with Crippen molar-refractivity contribution in [3.05, 3.63) is 40.0 Å². The SMILES string of the molecule is C=C(I)[C@@H](NS(=O)(=O)c1ccc(C)cc1)[C@H](OC(C)=O)C(C)C. The fraction of sp³-hybridized carbons (Fsp3) is 0.438. The second-order valence-electron chi connectivity index (χ2n) is 5.68. The van der Waals surface area contributed by atoms with Gasteiger partial charge >= 0.3 is 5.97 Å².